The van der Waals surface area contributed by atoms with Crippen LogP contribution in [0, 0.1) is 11.6 Å². The first kappa shape index (κ1) is 14.7. The Morgan fingerprint density at radius 1 is 1.30 bits per heavy atom. The number of carboxylic acid groups (broad SMARTS) is 1. The van der Waals surface area contributed by atoms with Crippen molar-refractivity contribution in [1.82, 2.24) is 0 Å². The Hall–Kier alpha value is -1.73. The van der Waals surface area contributed by atoms with Crippen molar-refractivity contribution in [3.05, 3.63) is 29.3 Å². The summed E-state index contributed by atoms with van der Waals surface area (Å²) in [7, 11) is 0. The lowest BCUT2D eigenvalue weighted by molar-refractivity contribution is 0.0378. The second-order valence-corrected chi connectivity index (χ2v) is 4.77. The van der Waals surface area contributed by atoms with E-state index < -0.39 is 28.7 Å². The maximum Gasteiger partial charge on any atom is 0.338 e. The van der Waals surface area contributed by atoms with Gasteiger partial charge in [-0.25, -0.2) is 13.6 Å². The number of hydrogen-bond acceptors (Lipinski definition) is 4. The Morgan fingerprint density at radius 2 is 1.95 bits per heavy atom. The molecule has 110 valence electrons. The standard InChI is InChI=1S/C13H15F2NO4/c14-10-8(12(18)19)1-2-9(11(10)15)16-13(7-17)3-5-20-6-4-13/h1-2,16-17H,3-7H2,(H,18,19). The van der Waals surface area contributed by atoms with Gasteiger partial charge in [-0.05, 0) is 25.0 Å². The van der Waals surface area contributed by atoms with Gasteiger partial charge in [0.05, 0.1) is 23.4 Å². The highest BCUT2D eigenvalue weighted by molar-refractivity contribution is 5.88. The third-order valence-electron chi connectivity index (χ3n) is 3.47. The van der Waals surface area contributed by atoms with Crippen LogP contribution in [-0.4, -0.2) is 41.5 Å². The van der Waals surface area contributed by atoms with E-state index >= 15 is 0 Å². The molecule has 1 fully saturated rings. The number of aromatic carboxylic acids is 1. The summed E-state index contributed by atoms with van der Waals surface area (Å²) >= 11 is 0. The van der Waals surface area contributed by atoms with Crippen molar-refractivity contribution in [2.75, 3.05) is 25.1 Å². The number of carbonyl (C=O) groups is 1. The van der Waals surface area contributed by atoms with E-state index in [-0.39, 0.29) is 12.3 Å². The Labute approximate surface area is 114 Å². The van der Waals surface area contributed by atoms with E-state index in [0.717, 1.165) is 12.1 Å². The lowest BCUT2D eigenvalue weighted by Gasteiger charge is -2.37. The van der Waals surface area contributed by atoms with Crippen LogP contribution in [0.15, 0.2) is 12.1 Å². The predicted molar refractivity (Wildman–Crippen MR) is 66.8 cm³/mol. The van der Waals surface area contributed by atoms with E-state index in [2.05, 4.69) is 5.32 Å². The lowest BCUT2D eigenvalue weighted by Crippen LogP contribution is -2.47. The summed E-state index contributed by atoms with van der Waals surface area (Å²) in [5, 5.41) is 21.0. The summed E-state index contributed by atoms with van der Waals surface area (Å²) in [5.41, 5.74) is -1.67. The van der Waals surface area contributed by atoms with Crippen LogP contribution >= 0.6 is 0 Å². The van der Waals surface area contributed by atoms with Gasteiger partial charge in [-0.2, -0.15) is 0 Å². The fraction of sp³-hybridized carbons (Fsp3) is 0.462. The summed E-state index contributed by atoms with van der Waals surface area (Å²) < 4.78 is 32.7. The molecular weight excluding hydrogens is 272 g/mol. The van der Waals surface area contributed by atoms with Gasteiger partial charge in [0.1, 0.15) is 0 Å². The van der Waals surface area contributed by atoms with Crippen LogP contribution in [0.5, 0.6) is 0 Å². The molecule has 0 aromatic heterocycles. The quantitative estimate of drug-likeness (QED) is 0.784. The van der Waals surface area contributed by atoms with E-state index in [1.54, 1.807) is 0 Å². The molecule has 7 heteroatoms. The third-order valence-corrected chi connectivity index (χ3v) is 3.47. The molecule has 0 bridgehead atoms. The van der Waals surface area contributed by atoms with Crippen LogP contribution in [0.2, 0.25) is 0 Å². The molecule has 0 spiro atoms. The van der Waals surface area contributed by atoms with E-state index in [0.29, 0.717) is 26.1 Å². The average molecular weight is 287 g/mol. The highest BCUT2D eigenvalue weighted by atomic mass is 19.2. The van der Waals surface area contributed by atoms with Crippen molar-refractivity contribution in [3.8, 4) is 0 Å². The van der Waals surface area contributed by atoms with E-state index in [9.17, 15) is 18.7 Å². The summed E-state index contributed by atoms with van der Waals surface area (Å²) in [4.78, 5) is 10.7. The number of benzene rings is 1. The van der Waals surface area contributed by atoms with Gasteiger partial charge < -0.3 is 20.3 Å². The largest absolute Gasteiger partial charge is 0.478 e. The summed E-state index contributed by atoms with van der Waals surface area (Å²) in [5.74, 6) is -4.21. The van der Waals surface area contributed by atoms with Crippen LogP contribution in [0.1, 0.15) is 23.2 Å². The zero-order valence-corrected chi connectivity index (χ0v) is 10.7. The second-order valence-electron chi connectivity index (χ2n) is 4.77. The van der Waals surface area contributed by atoms with Crippen LogP contribution in [0.4, 0.5) is 14.5 Å². The Kier molecular flexibility index (Phi) is 4.20. The minimum absolute atomic E-state index is 0.163. The fourth-order valence-corrected chi connectivity index (χ4v) is 2.18. The smallest absolute Gasteiger partial charge is 0.338 e. The van der Waals surface area contributed by atoms with Gasteiger partial charge in [0, 0.05) is 13.2 Å². The van der Waals surface area contributed by atoms with Gasteiger partial charge in [0.15, 0.2) is 11.6 Å². The van der Waals surface area contributed by atoms with Gasteiger partial charge in [-0.15, -0.1) is 0 Å². The van der Waals surface area contributed by atoms with E-state index in [1.165, 1.54) is 0 Å². The minimum atomic E-state index is -1.53. The molecule has 20 heavy (non-hydrogen) atoms. The van der Waals surface area contributed by atoms with E-state index in [1.807, 2.05) is 0 Å². The number of halogens is 2. The normalized spacial score (nSPS) is 17.8. The molecule has 1 aromatic carbocycles. The SMILES string of the molecule is O=C(O)c1ccc(NC2(CO)CCOCC2)c(F)c1F. The summed E-state index contributed by atoms with van der Waals surface area (Å²) in [6, 6.07) is 2.15. The van der Waals surface area contributed by atoms with Crippen molar-refractivity contribution in [2.24, 2.45) is 0 Å². The molecule has 0 radical (unpaired) electrons. The molecular formula is C13H15F2NO4. The highest BCUT2D eigenvalue weighted by Gasteiger charge is 2.33. The first-order valence-corrected chi connectivity index (χ1v) is 6.17. The minimum Gasteiger partial charge on any atom is -0.478 e. The van der Waals surface area contributed by atoms with Crippen LogP contribution in [-0.2, 0) is 4.74 Å². The van der Waals surface area contributed by atoms with Crippen molar-refractivity contribution < 1.29 is 28.5 Å². The molecule has 0 amide bonds. The zero-order chi connectivity index (χ0) is 14.8. The fourth-order valence-electron chi connectivity index (χ4n) is 2.18. The maximum absolute atomic E-state index is 13.9. The second kappa shape index (κ2) is 5.72. The first-order chi connectivity index (χ1) is 9.49. The molecule has 3 N–H and O–H groups in total. The van der Waals surface area contributed by atoms with Gasteiger partial charge >= 0.3 is 5.97 Å². The van der Waals surface area contributed by atoms with Gasteiger partial charge in [0.25, 0.3) is 0 Å². The average Bonchev–Trinajstić information content (AvgIpc) is 2.45. The maximum atomic E-state index is 13.9. The summed E-state index contributed by atoms with van der Waals surface area (Å²) in [6.07, 6.45) is 0.899. The first-order valence-electron chi connectivity index (χ1n) is 6.17. The molecule has 0 atom stereocenters. The predicted octanol–water partition coefficient (Wildman–Crippen LogP) is 1.62. The number of nitrogens with one attached hydrogen (secondary N) is 1. The molecule has 1 aromatic rings. The molecule has 0 saturated carbocycles. The number of ether oxygens (including phenoxy) is 1. The van der Waals surface area contributed by atoms with Gasteiger partial charge in [-0.3, -0.25) is 0 Å². The van der Waals surface area contributed by atoms with Crippen molar-refractivity contribution in [2.45, 2.75) is 18.4 Å². The summed E-state index contributed by atoms with van der Waals surface area (Å²) in [6.45, 7) is 0.563. The highest BCUT2D eigenvalue weighted by Crippen LogP contribution is 2.29. The Bertz CT molecular complexity index is 515. The molecule has 0 unspecified atom stereocenters. The topological polar surface area (TPSA) is 78.8 Å². The Morgan fingerprint density at radius 3 is 2.50 bits per heavy atom. The number of aliphatic hydroxyl groups excluding tert-OH is 1. The number of aliphatic hydroxyl groups is 1. The molecule has 1 aliphatic rings. The van der Waals surface area contributed by atoms with Crippen LogP contribution in [0.25, 0.3) is 0 Å². The van der Waals surface area contributed by atoms with Crippen LogP contribution in [0.3, 0.4) is 0 Å². The van der Waals surface area contributed by atoms with Crippen molar-refractivity contribution >= 4 is 11.7 Å². The van der Waals surface area contributed by atoms with Gasteiger partial charge in [-0.1, -0.05) is 0 Å². The van der Waals surface area contributed by atoms with Gasteiger partial charge in [0.2, 0.25) is 0 Å². The Balaban J connectivity index is 2.29. The zero-order valence-electron chi connectivity index (χ0n) is 10.7. The van der Waals surface area contributed by atoms with Crippen LogP contribution < -0.4 is 5.32 Å². The molecule has 2 rings (SSSR count). The lowest BCUT2D eigenvalue weighted by atomic mass is 9.90. The molecule has 0 aliphatic carbocycles. The number of carboxylic acids is 1. The van der Waals surface area contributed by atoms with Crippen molar-refractivity contribution in [3.63, 3.8) is 0 Å². The third kappa shape index (κ3) is 2.73. The molecule has 1 heterocycles. The molecule has 1 saturated heterocycles. The molecule has 5 nitrogen and oxygen atoms in total. The van der Waals surface area contributed by atoms with Crippen molar-refractivity contribution in [1.29, 1.82) is 0 Å². The number of anilines is 1. The molecule has 1 aliphatic heterocycles. The number of rotatable bonds is 4. The number of hydrogen-bond donors (Lipinski definition) is 3. The van der Waals surface area contributed by atoms with E-state index in [4.69, 9.17) is 9.84 Å². The monoisotopic (exact) mass is 287 g/mol.